The normalized spacial score (nSPS) is 14.4. The minimum Gasteiger partial charge on any atom is -0.352 e. The Bertz CT molecular complexity index is 930. The smallest absolute Gasteiger partial charge is 0.244 e. The van der Waals surface area contributed by atoms with Crippen molar-refractivity contribution >= 4 is 22.0 Å². The lowest BCUT2D eigenvalue weighted by molar-refractivity contribution is -0.116. The van der Waals surface area contributed by atoms with Crippen LogP contribution in [0.1, 0.15) is 29.5 Å². The van der Waals surface area contributed by atoms with E-state index in [9.17, 15) is 13.2 Å². The molecule has 0 unspecified atom stereocenters. The van der Waals surface area contributed by atoms with Gasteiger partial charge in [0.05, 0.1) is 4.90 Å². The highest BCUT2D eigenvalue weighted by Gasteiger charge is 2.27. The molecule has 1 amide bonds. The van der Waals surface area contributed by atoms with Crippen LogP contribution in [0.3, 0.4) is 0 Å². The van der Waals surface area contributed by atoms with Gasteiger partial charge in [0.25, 0.3) is 0 Å². The molecular weight excluding hydrogens is 360 g/mol. The first kappa shape index (κ1) is 19.3. The van der Waals surface area contributed by atoms with Gasteiger partial charge in [-0.3, -0.25) is 4.79 Å². The predicted molar refractivity (Wildman–Crippen MR) is 107 cm³/mol. The van der Waals surface area contributed by atoms with Gasteiger partial charge in [-0.15, -0.1) is 0 Å². The van der Waals surface area contributed by atoms with Crippen LogP contribution in [0, 0.1) is 6.92 Å². The number of rotatable bonds is 8. The zero-order chi connectivity index (χ0) is 19.3. The van der Waals surface area contributed by atoms with Gasteiger partial charge in [-0.1, -0.05) is 42.0 Å². The Balaban J connectivity index is 1.49. The number of nitrogens with one attached hydrogen (secondary N) is 2. The fraction of sp³-hybridized carbons (Fsp3) is 0.286. The lowest BCUT2D eigenvalue weighted by Gasteiger charge is -2.05. The van der Waals surface area contributed by atoms with Gasteiger partial charge in [0.15, 0.2) is 0 Å². The molecule has 0 saturated heterocycles. The van der Waals surface area contributed by atoms with E-state index in [1.54, 1.807) is 30.3 Å². The number of carbonyl (C=O) groups excluding carboxylic acids is 1. The van der Waals surface area contributed by atoms with Crippen LogP contribution in [-0.4, -0.2) is 26.9 Å². The van der Waals surface area contributed by atoms with Crippen molar-refractivity contribution in [3.8, 4) is 0 Å². The van der Waals surface area contributed by atoms with Gasteiger partial charge < -0.3 is 5.32 Å². The molecule has 1 fully saturated rings. The topological polar surface area (TPSA) is 75.3 Å². The monoisotopic (exact) mass is 384 g/mol. The number of benzene rings is 2. The zero-order valence-electron chi connectivity index (χ0n) is 15.3. The van der Waals surface area contributed by atoms with Crippen molar-refractivity contribution in [2.24, 2.45) is 0 Å². The Kier molecular flexibility index (Phi) is 6.08. The van der Waals surface area contributed by atoms with Gasteiger partial charge >= 0.3 is 0 Å². The quantitative estimate of drug-likeness (QED) is 0.687. The summed E-state index contributed by atoms with van der Waals surface area (Å²) in [5.41, 5.74) is 3.17. The first-order valence-electron chi connectivity index (χ1n) is 9.06. The van der Waals surface area contributed by atoms with E-state index in [1.165, 1.54) is 17.2 Å². The minimum atomic E-state index is -3.44. The molecule has 2 aromatic rings. The van der Waals surface area contributed by atoms with E-state index >= 15 is 0 Å². The van der Waals surface area contributed by atoms with Gasteiger partial charge in [0, 0.05) is 18.7 Å². The molecule has 5 nitrogen and oxygen atoms in total. The van der Waals surface area contributed by atoms with E-state index in [1.807, 2.05) is 25.1 Å². The number of amides is 1. The number of carbonyl (C=O) groups is 1. The summed E-state index contributed by atoms with van der Waals surface area (Å²) >= 11 is 0. The van der Waals surface area contributed by atoms with Gasteiger partial charge in [-0.05, 0) is 55.5 Å². The third-order valence-corrected chi connectivity index (χ3v) is 5.85. The van der Waals surface area contributed by atoms with Crippen LogP contribution in [0.5, 0.6) is 0 Å². The standard InChI is InChI=1S/C21H24N2O3S/c1-16-3-2-4-18(15-16)13-14-22-21(24)12-7-17-5-10-20(11-6-17)27(25,26)23-19-8-9-19/h2-7,10-12,15,19,23H,8-9,13-14H2,1H3,(H,22,24)/b12-7+. The zero-order valence-corrected chi connectivity index (χ0v) is 16.1. The van der Waals surface area contributed by atoms with Crippen LogP contribution >= 0.6 is 0 Å². The summed E-state index contributed by atoms with van der Waals surface area (Å²) in [5.74, 6) is -0.172. The molecule has 2 N–H and O–H groups in total. The first-order valence-corrected chi connectivity index (χ1v) is 10.5. The molecule has 2 aromatic carbocycles. The summed E-state index contributed by atoms with van der Waals surface area (Å²) in [5, 5.41) is 2.85. The van der Waals surface area contributed by atoms with Crippen molar-refractivity contribution in [1.82, 2.24) is 10.0 Å². The van der Waals surface area contributed by atoms with E-state index in [0.717, 1.165) is 24.8 Å². The van der Waals surface area contributed by atoms with E-state index < -0.39 is 10.0 Å². The second kappa shape index (κ2) is 8.50. The first-order chi connectivity index (χ1) is 12.9. The predicted octanol–water partition coefficient (Wildman–Crippen LogP) is 2.81. The molecule has 0 aliphatic heterocycles. The minimum absolute atomic E-state index is 0.0815. The van der Waals surface area contributed by atoms with Crippen molar-refractivity contribution in [3.63, 3.8) is 0 Å². The summed E-state index contributed by atoms with van der Waals surface area (Å²) in [6, 6.07) is 14.8. The second-order valence-corrected chi connectivity index (χ2v) is 8.54. The van der Waals surface area contributed by atoms with E-state index in [0.29, 0.717) is 6.54 Å². The SMILES string of the molecule is Cc1cccc(CCNC(=O)/C=C/c2ccc(S(=O)(=O)NC3CC3)cc2)c1. The Morgan fingerprint density at radius 1 is 1.15 bits per heavy atom. The molecule has 0 bridgehead atoms. The van der Waals surface area contributed by atoms with Crippen LogP contribution in [-0.2, 0) is 21.2 Å². The Morgan fingerprint density at radius 2 is 1.89 bits per heavy atom. The number of sulfonamides is 1. The van der Waals surface area contributed by atoms with Crippen LogP contribution < -0.4 is 10.0 Å². The highest BCUT2D eigenvalue weighted by atomic mass is 32.2. The maximum absolute atomic E-state index is 12.1. The van der Waals surface area contributed by atoms with Crippen LogP contribution in [0.4, 0.5) is 0 Å². The van der Waals surface area contributed by atoms with Crippen molar-refractivity contribution in [2.75, 3.05) is 6.54 Å². The maximum atomic E-state index is 12.1. The Hall–Kier alpha value is -2.44. The molecule has 3 rings (SSSR count). The van der Waals surface area contributed by atoms with Gasteiger partial charge in [0.2, 0.25) is 15.9 Å². The molecule has 142 valence electrons. The molecule has 1 aliphatic rings. The van der Waals surface area contributed by atoms with Crippen molar-refractivity contribution in [3.05, 3.63) is 71.3 Å². The third kappa shape index (κ3) is 6.05. The highest BCUT2D eigenvalue weighted by Crippen LogP contribution is 2.22. The lowest BCUT2D eigenvalue weighted by atomic mass is 10.1. The molecule has 1 saturated carbocycles. The molecule has 1 aliphatic carbocycles. The fourth-order valence-electron chi connectivity index (χ4n) is 2.68. The molecule has 0 spiro atoms. The Morgan fingerprint density at radius 3 is 2.56 bits per heavy atom. The van der Waals surface area contributed by atoms with E-state index in [-0.39, 0.29) is 16.8 Å². The van der Waals surface area contributed by atoms with Crippen LogP contribution in [0.25, 0.3) is 6.08 Å². The number of aryl methyl sites for hydroxylation is 1. The van der Waals surface area contributed by atoms with Crippen LogP contribution in [0.15, 0.2) is 59.5 Å². The van der Waals surface area contributed by atoms with Crippen molar-refractivity contribution in [2.45, 2.75) is 37.1 Å². The van der Waals surface area contributed by atoms with E-state index in [2.05, 4.69) is 16.1 Å². The average molecular weight is 385 g/mol. The average Bonchev–Trinajstić information content (AvgIpc) is 3.44. The van der Waals surface area contributed by atoms with Gasteiger partial charge in [-0.2, -0.15) is 0 Å². The summed E-state index contributed by atoms with van der Waals surface area (Å²) in [4.78, 5) is 12.2. The lowest BCUT2D eigenvalue weighted by Crippen LogP contribution is -2.25. The van der Waals surface area contributed by atoms with Gasteiger partial charge in [-0.25, -0.2) is 13.1 Å². The fourth-order valence-corrected chi connectivity index (χ4v) is 3.98. The number of hydrogen-bond acceptors (Lipinski definition) is 3. The maximum Gasteiger partial charge on any atom is 0.244 e. The molecular formula is C21H24N2O3S. The molecule has 0 heterocycles. The van der Waals surface area contributed by atoms with Crippen molar-refractivity contribution < 1.29 is 13.2 Å². The largest absolute Gasteiger partial charge is 0.352 e. The third-order valence-electron chi connectivity index (χ3n) is 4.31. The van der Waals surface area contributed by atoms with E-state index in [4.69, 9.17) is 0 Å². The molecule has 0 atom stereocenters. The summed E-state index contributed by atoms with van der Waals surface area (Å²) in [6.45, 7) is 2.61. The summed E-state index contributed by atoms with van der Waals surface area (Å²) < 4.78 is 26.9. The highest BCUT2D eigenvalue weighted by molar-refractivity contribution is 7.89. The molecule has 6 heteroatoms. The summed E-state index contributed by atoms with van der Waals surface area (Å²) in [7, 11) is -3.44. The van der Waals surface area contributed by atoms with Crippen molar-refractivity contribution in [1.29, 1.82) is 0 Å². The second-order valence-electron chi connectivity index (χ2n) is 6.83. The molecule has 0 radical (unpaired) electrons. The molecule has 27 heavy (non-hydrogen) atoms. The Labute approximate surface area is 160 Å². The van der Waals surface area contributed by atoms with Gasteiger partial charge in [0.1, 0.15) is 0 Å². The molecule has 0 aromatic heterocycles. The number of hydrogen-bond donors (Lipinski definition) is 2. The summed E-state index contributed by atoms with van der Waals surface area (Å²) in [6.07, 6.45) is 5.72. The van der Waals surface area contributed by atoms with Crippen LogP contribution in [0.2, 0.25) is 0 Å².